The van der Waals surface area contributed by atoms with Gasteiger partial charge in [0.15, 0.2) is 11.5 Å². The minimum Gasteiger partial charge on any atom is -0.468 e. The third-order valence-electron chi connectivity index (χ3n) is 5.55. The highest BCUT2D eigenvalue weighted by molar-refractivity contribution is 5.77. The van der Waals surface area contributed by atoms with Crippen molar-refractivity contribution in [3.8, 4) is 11.5 Å². The molecule has 0 aliphatic heterocycles. The van der Waals surface area contributed by atoms with Gasteiger partial charge in [0, 0.05) is 6.54 Å². The van der Waals surface area contributed by atoms with Crippen LogP contribution in [-0.2, 0) is 35.0 Å². The van der Waals surface area contributed by atoms with Gasteiger partial charge in [-0.05, 0) is 56.2 Å². The van der Waals surface area contributed by atoms with Gasteiger partial charge < -0.3 is 33.7 Å². The van der Waals surface area contributed by atoms with Gasteiger partial charge in [-0.1, -0.05) is 40.7 Å². The molecule has 0 heterocycles. The Morgan fingerprint density at radius 2 is 1.44 bits per heavy atom. The van der Waals surface area contributed by atoms with Crippen LogP contribution in [0.2, 0.25) is 0 Å². The molecule has 1 atom stereocenters. The Morgan fingerprint density at radius 1 is 0.872 bits per heavy atom. The lowest BCUT2D eigenvalue weighted by Gasteiger charge is -2.21. The number of carbonyl (C=O) groups is 4. The molecule has 0 aliphatic rings. The first-order chi connectivity index (χ1) is 18.3. The lowest BCUT2D eigenvalue weighted by atomic mass is 9.91. The highest BCUT2D eigenvalue weighted by Crippen LogP contribution is 2.30. The number of ether oxygens (including phenoxy) is 6. The maximum absolute atomic E-state index is 12.4. The molecule has 39 heavy (non-hydrogen) atoms. The zero-order valence-electron chi connectivity index (χ0n) is 24.3. The molecule has 0 bridgehead atoms. The predicted molar refractivity (Wildman–Crippen MR) is 143 cm³/mol. The van der Waals surface area contributed by atoms with Crippen LogP contribution < -0.4 is 14.8 Å². The summed E-state index contributed by atoms with van der Waals surface area (Å²) in [6.45, 7) is 13.6. The van der Waals surface area contributed by atoms with E-state index in [-0.39, 0.29) is 62.1 Å². The SMILES string of the molecule is CCC(C)(C)C(=O)OCCN[C@@H](Cc1ccc(OC(=O)OCC(C)C)c(OC(=O)OCC(C)C)c1)C(=O)OC. The Labute approximate surface area is 230 Å². The maximum atomic E-state index is 12.4. The van der Waals surface area contributed by atoms with E-state index in [1.54, 1.807) is 19.9 Å². The van der Waals surface area contributed by atoms with Gasteiger partial charge in [0.05, 0.1) is 25.7 Å². The molecule has 0 saturated carbocycles. The molecule has 0 aliphatic carbocycles. The van der Waals surface area contributed by atoms with Crippen LogP contribution in [0.5, 0.6) is 11.5 Å². The van der Waals surface area contributed by atoms with Crippen LogP contribution in [0.15, 0.2) is 18.2 Å². The van der Waals surface area contributed by atoms with Crippen LogP contribution in [0.25, 0.3) is 0 Å². The van der Waals surface area contributed by atoms with Crippen molar-refractivity contribution in [3.63, 3.8) is 0 Å². The largest absolute Gasteiger partial charge is 0.513 e. The Bertz CT molecular complexity index is 958. The number of rotatable bonds is 15. The van der Waals surface area contributed by atoms with Crippen LogP contribution in [0.4, 0.5) is 9.59 Å². The van der Waals surface area contributed by atoms with E-state index in [0.29, 0.717) is 12.0 Å². The van der Waals surface area contributed by atoms with E-state index in [2.05, 4.69) is 5.32 Å². The molecule has 220 valence electrons. The summed E-state index contributed by atoms with van der Waals surface area (Å²) in [6.07, 6.45) is -1.15. The summed E-state index contributed by atoms with van der Waals surface area (Å²) < 4.78 is 30.9. The van der Waals surface area contributed by atoms with Gasteiger partial charge in [-0.25, -0.2) is 9.59 Å². The predicted octanol–water partition coefficient (Wildman–Crippen LogP) is 4.68. The summed E-state index contributed by atoms with van der Waals surface area (Å²) in [7, 11) is 1.26. The fourth-order valence-electron chi connectivity index (χ4n) is 2.88. The van der Waals surface area contributed by atoms with Crippen LogP contribution in [0.1, 0.15) is 60.5 Å². The Hall–Kier alpha value is -3.34. The lowest BCUT2D eigenvalue weighted by molar-refractivity contribution is -0.154. The van der Waals surface area contributed by atoms with Gasteiger partial charge in [-0.2, -0.15) is 0 Å². The molecule has 1 aromatic rings. The second kappa shape index (κ2) is 16.6. The highest BCUT2D eigenvalue weighted by atomic mass is 16.7. The quantitative estimate of drug-likeness (QED) is 0.140. The van der Waals surface area contributed by atoms with E-state index in [9.17, 15) is 19.2 Å². The van der Waals surface area contributed by atoms with Crippen molar-refractivity contribution < 1.29 is 47.6 Å². The molecular weight excluding hydrogens is 510 g/mol. The smallest absolute Gasteiger partial charge is 0.468 e. The van der Waals surface area contributed by atoms with Gasteiger partial charge in [0.25, 0.3) is 0 Å². The molecule has 0 spiro atoms. The van der Waals surface area contributed by atoms with Crippen molar-refractivity contribution in [1.29, 1.82) is 0 Å². The van der Waals surface area contributed by atoms with Gasteiger partial charge >= 0.3 is 24.2 Å². The van der Waals surface area contributed by atoms with E-state index in [1.165, 1.54) is 19.2 Å². The standard InChI is InChI=1S/C28H43NO10/c1-9-28(6,7)25(31)35-13-12-29-21(24(30)34-8)14-20-10-11-22(38-26(32)36-16-18(2)3)23(15-20)39-27(33)37-17-19(4)5/h10-11,15,18-19,21,29H,9,12-14,16-17H2,1-8H3/t21-/m0/s1. The Balaban J connectivity index is 3.01. The zero-order chi connectivity index (χ0) is 29.6. The second-order valence-corrected chi connectivity index (χ2v) is 10.5. The summed E-state index contributed by atoms with van der Waals surface area (Å²) in [5.41, 5.74) is -0.0315. The van der Waals surface area contributed by atoms with Crippen molar-refractivity contribution in [2.24, 2.45) is 17.3 Å². The summed E-state index contributed by atoms with van der Waals surface area (Å²) in [5.74, 6) is -0.804. The molecule has 0 aromatic heterocycles. The molecule has 0 saturated heterocycles. The van der Waals surface area contributed by atoms with E-state index < -0.39 is 29.7 Å². The third-order valence-corrected chi connectivity index (χ3v) is 5.55. The van der Waals surface area contributed by atoms with E-state index >= 15 is 0 Å². The fraction of sp³-hybridized carbons (Fsp3) is 0.643. The van der Waals surface area contributed by atoms with Crippen LogP contribution in [-0.4, -0.2) is 63.8 Å². The first-order valence-corrected chi connectivity index (χ1v) is 13.1. The first-order valence-electron chi connectivity index (χ1n) is 13.1. The van der Waals surface area contributed by atoms with Crippen molar-refractivity contribution in [1.82, 2.24) is 5.32 Å². The van der Waals surface area contributed by atoms with Crippen molar-refractivity contribution >= 4 is 24.2 Å². The highest BCUT2D eigenvalue weighted by Gasteiger charge is 2.27. The fourth-order valence-corrected chi connectivity index (χ4v) is 2.88. The summed E-state index contributed by atoms with van der Waals surface area (Å²) in [6, 6.07) is 3.71. The van der Waals surface area contributed by atoms with Gasteiger partial charge in [0.1, 0.15) is 12.6 Å². The van der Waals surface area contributed by atoms with Gasteiger partial charge in [-0.15, -0.1) is 0 Å². The number of nitrogens with one attached hydrogen (secondary N) is 1. The molecule has 0 radical (unpaired) electrons. The first kappa shape index (κ1) is 33.7. The minimum atomic E-state index is -0.972. The number of esters is 2. The molecule has 0 unspecified atom stereocenters. The molecule has 1 N–H and O–H groups in total. The molecule has 11 heteroatoms. The van der Waals surface area contributed by atoms with E-state index in [4.69, 9.17) is 28.4 Å². The minimum absolute atomic E-state index is 0.0537. The molecule has 1 rings (SSSR count). The number of carbonyl (C=O) groups excluding carboxylic acids is 4. The zero-order valence-corrected chi connectivity index (χ0v) is 24.3. The normalized spacial score (nSPS) is 12.1. The lowest BCUT2D eigenvalue weighted by Crippen LogP contribution is -2.41. The van der Waals surface area contributed by atoms with Crippen LogP contribution in [0, 0.1) is 17.3 Å². The van der Waals surface area contributed by atoms with Crippen molar-refractivity contribution in [2.75, 3.05) is 33.5 Å². The monoisotopic (exact) mass is 553 g/mol. The molecule has 1 aromatic carbocycles. The molecule has 11 nitrogen and oxygen atoms in total. The molecule has 0 fully saturated rings. The molecule has 0 amide bonds. The van der Waals surface area contributed by atoms with Gasteiger partial charge in [0.2, 0.25) is 0 Å². The van der Waals surface area contributed by atoms with Crippen molar-refractivity contribution in [2.45, 2.75) is 67.3 Å². The van der Waals surface area contributed by atoms with E-state index in [0.717, 1.165) is 0 Å². The average molecular weight is 554 g/mol. The van der Waals surface area contributed by atoms with Crippen LogP contribution in [0.3, 0.4) is 0 Å². The van der Waals surface area contributed by atoms with Crippen molar-refractivity contribution in [3.05, 3.63) is 23.8 Å². The van der Waals surface area contributed by atoms with Gasteiger partial charge in [-0.3, -0.25) is 9.59 Å². The Kier molecular flexibility index (Phi) is 14.3. The number of hydrogen-bond donors (Lipinski definition) is 1. The second-order valence-electron chi connectivity index (χ2n) is 10.5. The number of methoxy groups -OCH3 is 1. The van der Waals surface area contributed by atoms with E-state index in [1.807, 2.05) is 34.6 Å². The summed E-state index contributed by atoms with van der Waals surface area (Å²) in [4.78, 5) is 48.9. The topological polar surface area (TPSA) is 136 Å². The maximum Gasteiger partial charge on any atom is 0.513 e. The average Bonchev–Trinajstić information content (AvgIpc) is 2.88. The Morgan fingerprint density at radius 3 is 1.95 bits per heavy atom. The number of benzene rings is 1. The summed E-state index contributed by atoms with van der Waals surface area (Å²) >= 11 is 0. The summed E-state index contributed by atoms with van der Waals surface area (Å²) in [5, 5.41) is 3.02. The number of hydrogen-bond acceptors (Lipinski definition) is 11. The molecular formula is C28H43NO10. The third kappa shape index (κ3) is 12.8. The van der Waals surface area contributed by atoms with Crippen LogP contribution >= 0.6 is 0 Å².